The zero-order chi connectivity index (χ0) is 17.9. The molecule has 2 rings (SSSR count). The number of carbonyl (C=O) groups is 2. The Bertz CT molecular complexity index is 706. The lowest BCUT2D eigenvalue weighted by Crippen LogP contribution is -2.38. The summed E-state index contributed by atoms with van der Waals surface area (Å²) < 4.78 is 30.3. The SMILES string of the molecule is C[C@H](OC(=O)c1ccc(S(=O)(=O)N(C)C)cc1)C(=O)N1CCCC1. The Balaban J connectivity index is 2.03. The summed E-state index contributed by atoms with van der Waals surface area (Å²) in [6.07, 6.45) is 1.07. The summed E-state index contributed by atoms with van der Waals surface area (Å²) >= 11 is 0. The van der Waals surface area contributed by atoms with E-state index in [0.717, 1.165) is 17.1 Å². The van der Waals surface area contributed by atoms with Crippen molar-refractivity contribution in [1.29, 1.82) is 0 Å². The molecule has 1 atom stereocenters. The lowest BCUT2D eigenvalue weighted by Gasteiger charge is -2.20. The average Bonchev–Trinajstić information content (AvgIpc) is 3.08. The summed E-state index contributed by atoms with van der Waals surface area (Å²) in [5.41, 5.74) is 0.203. The largest absolute Gasteiger partial charge is 0.449 e. The van der Waals surface area contributed by atoms with Crippen molar-refractivity contribution in [3.05, 3.63) is 29.8 Å². The van der Waals surface area contributed by atoms with E-state index in [4.69, 9.17) is 4.74 Å². The topological polar surface area (TPSA) is 84.0 Å². The number of nitrogens with zero attached hydrogens (tertiary/aromatic N) is 2. The van der Waals surface area contributed by atoms with Crippen LogP contribution in [0.4, 0.5) is 0 Å². The maximum Gasteiger partial charge on any atom is 0.338 e. The third kappa shape index (κ3) is 3.93. The van der Waals surface area contributed by atoms with Gasteiger partial charge in [-0.1, -0.05) is 0 Å². The standard InChI is InChI=1S/C16H22N2O5S/c1-12(15(19)18-10-4-5-11-18)23-16(20)13-6-8-14(9-7-13)24(21,22)17(2)3/h6-9,12H,4-5,10-11H2,1-3H3/t12-/m0/s1. The van der Waals surface area contributed by atoms with Crippen molar-refractivity contribution in [2.75, 3.05) is 27.2 Å². The van der Waals surface area contributed by atoms with Crippen LogP contribution < -0.4 is 0 Å². The molecule has 1 aliphatic heterocycles. The normalized spacial score (nSPS) is 16.2. The highest BCUT2D eigenvalue weighted by Crippen LogP contribution is 2.16. The van der Waals surface area contributed by atoms with Gasteiger partial charge in [0, 0.05) is 27.2 Å². The molecule has 1 aliphatic rings. The van der Waals surface area contributed by atoms with E-state index >= 15 is 0 Å². The van der Waals surface area contributed by atoms with Gasteiger partial charge in [-0.05, 0) is 44.0 Å². The van der Waals surface area contributed by atoms with Crippen molar-refractivity contribution >= 4 is 21.9 Å². The van der Waals surface area contributed by atoms with Gasteiger partial charge >= 0.3 is 5.97 Å². The number of sulfonamides is 1. The lowest BCUT2D eigenvalue weighted by atomic mass is 10.2. The van der Waals surface area contributed by atoms with Gasteiger partial charge in [-0.3, -0.25) is 4.79 Å². The van der Waals surface area contributed by atoms with E-state index in [-0.39, 0.29) is 16.4 Å². The number of rotatable bonds is 5. The first-order chi connectivity index (χ1) is 11.2. The second-order valence-electron chi connectivity index (χ2n) is 5.89. The number of likely N-dealkylation sites (tertiary alicyclic amines) is 1. The van der Waals surface area contributed by atoms with Gasteiger partial charge in [0.25, 0.3) is 5.91 Å². The molecule has 0 spiro atoms. The van der Waals surface area contributed by atoms with Crippen LogP contribution in [0.25, 0.3) is 0 Å². The molecule has 1 fully saturated rings. The maximum absolute atomic E-state index is 12.1. The zero-order valence-corrected chi connectivity index (χ0v) is 14.9. The summed E-state index contributed by atoms with van der Waals surface area (Å²) in [6.45, 7) is 2.93. The Labute approximate surface area is 142 Å². The summed E-state index contributed by atoms with van der Waals surface area (Å²) in [6, 6.07) is 5.45. The molecule has 0 radical (unpaired) electrons. The van der Waals surface area contributed by atoms with E-state index in [0.29, 0.717) is 13.1 Å². The number of hydrogen-bond donors (Lipinski definition) is 0. The van der Waals surface area contributed by atoms with Crippen LogP contribution in [0.5, 0.6) is 0 Å². The van der Waals surface area contributed by atoms with Crippen molar-refractivity contribution in [2.24, 2.45) is 0 Å². The Morgan fingerprint density at radius 3 is 2.17 bits per heavy atom. The molecule has 8 heteroatoms. The molecular weight excluding hydrogens is 332 g/mol. The summed E-state index contributed by atoms with van der Waals surface area (Å²) in [7, 11) is -0.679. The smallest absolute Gasteiger partial charge is 0.338 e. The zero-order valence-electron chi connectivity index (χ0n) is 14.1. The van der Waals surface area contributed by atoms with Gasteiger partial charge in [0.1, 0.15) is 0 Å². The first kappa shape index (κ1) is 18.4. The minimum atomic E-state index is -3.55. The highest BCUT2D eigenvalue weighted by molar-refractivity contribution is 7.89. The molecule has 24 heavy (non-hydrogen) atoms. The maximum atomic E-state index is 12.1. The molecular formula is C16H22N2O5S. The van der Waals surface area contributed by atoms with E-state index < -0.39 is 22.1 Å². The van der Waals surface area contributed by atoms with Crippen molar-refractivity contribution in [2.45, 2.75) is 30.8 Å². The summed E-state index contributed by atoms with van der Waals surface area (Å²) in [5, 5.41) is 0. The molecule has 0 unspecified atom stereocenters. The minimum absolute atomic E-state index is 0.0882. The van der Waals surface area contributed by atoms with E-state index in [1.165, 1.54) is 38.4 Å². The van der Waals surface area contributed by atoms with Crippen LogP contribution in [0.15, 0.2) is 29.2 Å². The van der Waals surface area contributed by atoms with Crippen LogP contribution in [0, 0.1) is 0 Å². The first-order valence-corrected chi connectivity index (χ1v) is 9.20. The Kier molecular flexibility index (Phi) is 5.61. The highest BCUT2D eigenvalue weighted by atomic mass is 32.2. The van der Waals surface area contributed by atoms with Gasteiger partial charge < -0.3 is 9.64 Å². The van der Waals surface area contributed by atoms with Crippen molar-refractivity contribution in [1.82, 2.24) is 9.21 Å². The van der Waals surface area contributed by atoms with Gasteiger partial charge in [0.15, 0.2) is 6.10 Å². The van der Waals surface area contributed by atoms with E-state index in [2.05, 4.69) is 0 Å². The van der Waals surface area contributed by atoms with Crippen LogP contribution >= 0.6 is 0 Å². The molecule has 0 aromatic heterocycles. The highest BCUT2D eigenvalue weighted by Gasteiger charge is 2.26. The number of ether oxygens (including phenoxy) is 1. The lowest BCUT2D eigenvalue weighted by molar-refractivity contribution is -0.138. The summed E-state index contributed by atoms with van der Waals surface area (Å²) in [4.78, 5) is 26.0. The predicted octanol–water partition coefficient (Wildman–Crippen LogP) is 1.10. The molecule has 1 amide bonds. The fourth-order valence-electron chi connectivity index (χ4n) is 2.45. The fraction of sp³-hybridized carbons (Fsp3) is 0.500. The molecule has 132 valence electrons. The second-order valence-corrected chi connectivity index (χ2v) is 8.04. The van der Waals surface area contributed by atoms with Crippen LogP contribution in [0.3, 0.4) is 0 Å². The van der Waals surface area contributed by atoms with Gasteiger partial charge in [-0.25, -0.2) is 17.5 Å². The quantitative estimate of drug-likeness (QED) is 0.740. The number of benzene rings is 1. The molecule has 1 heterocycles. The fourth-order valence-corrected chi connectivity index (χ4v) is 3.35. The number of carbonyl (C=O) groups excluding carboxylic acids is 2. The van der Waals surface area contributed by atoms with E-state index in [1.807, 2.05) is 0 Å². The van der Waals surface area contributed by atoms with Crippen molar-refractivity contribution in [3.8, 4) is 0 Å². The van der Waals surface area contributed by atoms with Gasteiger partial charge in [-0.2, -0.15) is 0 Å². The van der Waals surface area contributed by atoms with Gasteiger partial charge in [0.05, 0.1) is 10.5 Å². The first-order valence-electron chi connectivity index (χ1n) is 7.76. The predicted molar refractivity (Wildman–Crippen MR) is 88.0 cm³/mol. The molecule has 0 aliphatic carbocycles. The van der Waals surface area contributed by atoms with E-state index in [9.17, 15) is 18.0 Å². The molecule has 0 saturated carbocycles. The average molecular weight is 354 g/mol. The minimum Gasteiger partial charge on any atom is -0.449 e. The third-order valence-electron chi connectivity index (χ3n) is 3.92. The Morgan fingerprint density at radius 1 is 1.12 bits per heavy atom. The van der Waals surface area contributed by atoms with Gasteiger partial charge in [0.2, 0.25) is 10.0 Å². The molecule has 1 aromatic carbocycles. The second kappa shape index (κ2) is 7.31. The van der Waals surface area contributed by atoms with Crippen molar-refractivity contribution in [3.63, 3.8) is 0 Å². The number of esters is 1. The van der Waals surface area contributed by atoms with Crippen LogP contribution in [-0.2, 0) is 19.6 Å². The molecule has 0 bridgehead atoms. The number of amides is 1. The number of hydrogen-bond acceptors (Lipinski definition) is 5. The molecule has 1 saturated heterocycles. The van der Waals surface area contributed by atoms with Crippen LogP contribution in [-0.4, -0.2) is 62.8 Å². The molecule has 7 nitrogen and oxygen atoms in total. The van der Waals surface area contributed by atoms with Gasteiger partial charge in [-0.15, -0.1) is 0 Å². The van der Waals surface area contributed by atoms with Crippen LogP contribution in [0.2, 0.25) is 0 Å². The molecule has 0 N–H and O–H groups in total. The Morgan fingerprint density at radius 2 is 1.67 bits per heavy atom. The summed E-state index contributed by atoms with van der Waals surface area (Å²) in [5.74, 6) is -0.850. The molecule has 1 aromatic rings. The van der Waals surface area contributed by atoms with Crippen LogP contribution in [0.1, 0.15) is 30.1 Å². The monoisotopic (exact) mass is 354 g/mol. The van der Waals surface area contributed by atoms with E-state index in [1.54, 1.807) is 11.8 Å². The Hall–Kier alpha value is -1.93. The van der Waals surface area contributed by atoms with Crippen molar-refractivity contribution < 1.29 is 22.7 Å². The third-order valence-corrected chi connectivity index (χ3v) is 5.75.